The van der Waals surface area contributed by atoms with Crippen molar-refractivity contribution in [2.24, 2.45) is 0 Å². The Labute approximate surface area is 110 Å². The Morgan fingerprint density at radius 3 is 2.25 bits per heavy atom. The zero-order chi connectivity index (χ0) is 11.1. The average molecular weight is 260 g/mol. The van der Waals surface area contributed by atoms with E-state index in [4.69, 9.17) is 0 Å². The van der Waals surface area contributed by atoms with Crippen molar-refractivity contribution < 1.29 is 0 Å². The van der Waals surface area contributed by atoms with Crippen LogP contribution in [0.4, 0.5) is 0 Å². The van der Waals surface area contributed by atoms with Crippen molar-refractivity contribution in [3.8, 4) is 0 Å². The third-order valence-corrected chi connectivity index (χ3v) is 3.51. The first-order valence-corrected chi connectivity index (χ1v) is 6.67. The summed E-state index contributed by atoms with van der Waals surface area (Å²) in [6, 6.07) is 9.56. The quantitative estimate of drug-likeness (QED) is 0.781. The first-order valence-electron chi connectivity index (χ1n) is 5.69. The summed E-state index contributed by atoms with van der Waals surface area (Å²) in [5.41, 5.74) is 1.43. The number of hydrogen-bond acceptors (Lipinski definition) is 2. The lowest BCUT2D eigenvalue weighted by molar-refractivity contribution is 0.543. The Morgan fingerprint density at radius 2 is 1.81 bits per heavy atom. The van der Waals surface area contributed by atoms with Gasteiger partial charge in [0, 0.05) is 10.9 Å². The molecular weight excluding hydrogens is 238 g/mol. The standard InChI is InChI=1S/C13H21NS.ClH/c1-4-12(14-3)10-11-6-8-13(9-7-11)15-5-2;/h6-9,12,14H,4-5,10H2,1-3H3;1H. The van der Waals surface area contributed by atoms with Crippen LogP contribution in [0, 0.1) is 0 Å². The van der Waals surface area contributed by atoms with Crippen molar-refractivity contribution in [1.29, 1.82) is 0 Å². The Hall–Kier alpha value is -0.180. The van der Waals surface area contributed by atoms with E-state index in [0.29, 0.717) is 6.04 Å². The van der Waals surface area contributed by atoms with E-state index in [-0.39, 0.29) is 12.4 Å². The molecule has 3 heteroatoms. The molecule has 92 valence electrons. The highest BCUT2D eigenvalue weighted by atomic mass is 35.5. The molecule has 0 saturated carbocycles. The molecule has 0 heterocycles. The maximum absolute atomic E-state index is 3.33. The van der Waals surface area contributed by atoms with Crippen LogP contribution in [0.25, 0.3) is 0 Å². The summed E-state index contributed by atoms with van der Waals surface area (Å²) in [6.45, 7) is 4.41. The van der Waals surface area contributed by atoms with Crippen molar-refractivity contribution in [3.05, 3.63) is 29.8 Å². The lowest BCUT2D eigenvalue weighted by atomic mass is 10.0. The monoisotopic (exact) mass is 259 g/mol. The van der Waals surface area contributed by atoms with Gasteiger partial charge in [-0.1, -0.05) is 26.0 Å². The van der Waals surface area contributed by atoms with Crippen molar-refractivity contribution >= 4 is 24.2 Å². The molecule has 16 heavy (non-hydrogen) atoms. The Morgan fingerprint density at radius 1 is 1.19 bits per heavy atom. The second kappa shape index (κ2) is 8.91. The van der Waals surface area contributed by atoms with Crippen molar-refractivity contribution in [2.75, 3.05) is 12.8 Å². The summed E-state index contributed by atoms with van der Waals surface area (Å²) in [4.78, 5) is 1.37. The molecule has 0 fully saturated rings. The van der Waals surface area contributed by atoms with Gasteiger partial charge in [0.05, 0.1) is 0 Å². The van der Waals surface area contributed by atoms with Gasteiger partial charge in [0.1, 0.15) is 0 Å². The fraction of sp³-hybridized carbons (Fsp3) is 0.538. The fourth-order valence-corrected chi connectivity index (χ4v) is 2.29. The molecule has 1 aromatic rings. The highest BCUT2D eigenvalue weighted by Gasteiger charge is 2.03. The molecule has 0 spiro atoms. The van der Waals surface area contributed by atoms with Crippen molar-refractivity contribution in [3.63, 3.8) is 0 Å². The van der Waals surface area contributed by atoms with E-state index in [9.17, 15) is 0 Å². The molecule has 1 N–H and O–H groups in total. The van der Waals surface area contributed by atoms with Gasteiger partial charge in [-0.25, -0.2) is 0 Å². The summed E-state index contributed by atoms with van der Waals surface area (Å²) in [5, 5.41) is 3.33. The van der Waals surface area contributed by atoms with Crippen molar-refractivity contribution in [2.45, 2.75) is 37.6 Å². The number of nitrogens with one attached hydrogen (secondary N) is 1. The van der Waals surface area contributed by atoms with E-state index < -0.39 is 0 Å². The van der Waals surface area contributed by atoms with Gasteiger partial charge in [-0.15, -0.1) is 24.2 Å². The molecule has 0 aliphatic rings. The van der Waals surface area contributed by atoms with Gasteiger partial charge < -0.3 is 5.32 Å². The molecule has 0 aliphatic heterocycles. The van der Waals surface area contributed by atoms with Crippen molar-refractivity contribution in [1.82, 2.24) is 5.32 Å². The molecule has 1 unspecified atom stereocenters. The first kappa shape index (κ1) is 15.8. The zero-order valence-electron chi connectivity index (χ0n) is 10.3. The van der Waals surface area contributed by atoms with E-state index in [0.717, 1.165) is 12.2 Å². The highest BCUT2D eigenvalue weighted by molar-refractivity contribution is 7.99. The van der Waals surface area contributed by atoms with Gasteiger partial charge in [0.15, 0.2) is 0 Å². The van der Waals surface area contributed by atoms with E-state index in [1.807, 2.05) is 18.8 Å². The van der Waals surface area contributed by atoms with Gasteiger partial charge in [-0.05, 0) is 43.3 Å². The number of thioether (sulfide) groups is 1. The molecule has 1 rings (SSSR count). The Balaban J connectivity index is 0.00000225. The molecule has 0 radical (unpaired) electrons. The van der Waals surface area contributed by atoms with E-state index in [1.54, 1.807) is 0 Å². The third-order valence-electron chi connectivity index (χ3n) is 2.62. The Kier molecular flexibility index (Phi) is 8.81. The molecule has 0 aliphatic carbocycles. The summed E-state index contributed by atoms with van der Waals surface area (Å²) < 4.78 is 0. The summed E-state index contributed by atoms with van der Waals surface area (Å²) in [5.74, 6) is 1.15. The molecule has 1 nitrogen and oxygen atoms in total. The largest absolute Gasteiger partial charge is 0.317 e. The average Bonchev–Trinajstić information content (AvgIpc) is 2.28. The van der Waals surface area contributed by atoms with Crippen LogP contribution in [-0.2, 0) is 6.42 Å². The van der Waals surface area contributed by atoms with E-state index in [2.05, 4.69) is 43.4 Å². The normalized spacial score (nSPS) is 11.9. The lowest BCUT2D eigenvalue weighted by Gasteiger charge is -2.13. The summed E-state index contributed by atoms with van der Waals surface area (Å²) in [6.07, 6.45) is 2.31. The molecule has 0 bridgehead atoms. The number of likely N-dealkylation sites (N-methyl/N-ethyl adjacent to an activating group) is 1. The second-order valence-corrected chi connectivity index (χ2v) is 5.01. The molecule has 0 aromatic heterocycles. The molecule has 0 saturated heterocycles. The van der Waals surface area contributed by atoms with E-state index >= 15 is 0 Å². The molecule has 0 amide bonds. The minimum absolute atomic E-state index is 0. The van der Waals surface area contributed by atoms with Crippen LogP contribution < -0.4 is 5.32 Å². The van der Waals surface area contributed by atoms with Crippen LogP contribution in [0.5, 0.6) is 0 Å². The van der Waals surface area contributed by atoms with Crippen LogP contribution >= 0.6 is 24.2 Å². The summed E-state index contributed by atoms with van der Waals surface area (Å²) >= 11 is 1.90. The Bertz CT molecular complexity index is 270. The first-order chi connectivity index (χ1) is 7.30. The smallest absolute Gasteiger partial charge is 0.0102 e. The van der Waals surface area contributed by atoms with Gasteiger partial charge in [0.25, 0.3) is 0 Å². The second-order valence-electron chi connectivity index (χ2n) is 3.67. The zero-order valence-corrected chi connectivity index (χ0v) is 12.0. The van der Waals surface area contributed by atoms with E-state index in [1.165, 1.54) is 16.9 Å². The van der Waals surface area contributed by atoms with Crippen LogP contribution in [0.2, 0.25) is 0 Å². The fourth-order valence-electron chi connectivity index (χ4n) is 1.62. The number of rotatable bonds is 6. The van der Waals surface area contributed by atoms with Gasteiger partial charge in [-0.3, -0.25) is 0 Å². The topological polar surface area (TPSA) is 12.0 Å². The minimum atomic E-state index is 0. The SMILES string of the molecule is CCSc1ccc(CC(CC)NC)cc1.Cl. The lowest BCUT2D eigenvalue weighted by Crippen LogP contribution is -2.26. The molecule has 1 aromatic carbocycles. The molecule has 1 atom stereocenters. The highest BCUT2D eigenvalue weighted by Crippen LogP contribution is 2.18. The van der Waals surface area contributed by atoms with Gasteiger partial charge in [-0.2, -0.15) is 0 Å². The van der Waals surface area contributed by atoms with Gasteiger partial charge >= 0.3 is 0 Å². The predicted molar refractivity (Wildman–Crippen MR) is 76.9 cm³/mol. The number of benzene rings is 1. The van der Waals surface area contributed by atoms with Crippen LogP contribution in [0.1, 0.15) is 25.8 Å². The number of hydrogen-bond donors (Lipinski definition) is 1. The minimum Gasteiger partial charge on any atom is -0.317 e. The third kappa shape index (κ3) is 5.24. The van der Waals surface area contributed by atoms with Gasteiger partial charge in [0.2, 0.25) is 0 Å². The van der Waals surface area contributed by atoms with Crippen LogP contribution in [-0.4, -0.2) is 18.8 Å². The maximum Gasteiger partial charge on any atom is 0.0102 e. The summed E-state index contributed by atoms with van der Waals surface area (Å²) in [7, 11) is 2.04. The maximum atomic E-state index is 3.33. The molecular formula is C13H22ClNS. The van der Waals surface area contributed by atoms with Crippen LogP contribution in [0.15, 0.2) is 29.2 Å². The number of halogens is 1. The van der Waals surface area contributed by atoms with Crippen LogP contribution in [0.3, 0.4) is 0 Å². The predicted octanol–water partition coefficient (Wildman–Crippen LogP) is 3.76.